The van der Waals surface area contributed by atoms with Crippen LogP contribution in [0.5, 0.6) is 11.5 Å². The number of hydrogen-bond acceptors (Lipinski definition) is 5. The second-order valence-corrected chi connectivity index (χ2v) is 7.59. The summed E-state index contributed by atoms with van der Waals surface area (Å²) >= 11 is 3.21. The number of aliphatic hydroxyl groups is 3. The molecule has 0 aliphatic carbocycles. The van der Waals surface area contributed by atoms with Crippen LogP contribution < -0.4 is 9.47 Å². The first-order chi connectivity index (χ1) is 12.9. The van der Waals surface area contributed by atoms with Gasteiger partial charge in [-0.15, -0.1) is 0 Å². The van der Waals surface area contributed by atoms with E-state index in [0.717, 1.165) is 16.9 Å². The predicted molar refractivity (Wildman–Crippen MR) is 130 cm³/mol. The Hall–Kier alpha value is -0.900. The number of aliphatic hydroxyl groups excluding tert-OH is 3. The molecule has 0 amide bonds. The third kappa shape index (κ3) is 8.39. The van der Waals surface area contributed by atoms with E-state index in [1.54, 1.807) is 0 Å². The SMILES string of the molecule is CC(C)(c1ccc(OCC(O)CO)cc1)c1ccc(OCC(O)CBr)cc1.S.S. The molecule has 0 aromatic heterocycles. The summed E-state index contributed by atoms with van der Waals surface area (Å²) in [6, 6.07) is 15.6. The van der Waals surface area contributed by atoms with Gasteiger partial charge in [0, 0.05) is 10.7 Å². The Morgan fingerprint density at radius 2 is 1.17 bits per heavy atom. The molecule has 8 heteroatoms. The molecule has 0 heterocycles. The second kappa shape index (κ2) is 13.4. The Balaban J connectivity index is 0.00000392. The van der Waals surface area contributed by atoms with E-state index in [0.29, 0.717) is 11.1 Å². The van der Waals surface area contributed by atoms with Crippen molar-refractivity contribution < 1.29 is 24.8 Å². The number of rotatable bonds is 10. The zero-order chi connectivity index (χ0) is 19.9. The van der Waals surface area contributed by atoms with Crippen LogP contribution in [0, 0.1) is 0 Å². The lowest BCUT2D eigenvalue weighted by molar-refractivity contribution is 0.0536. The van der Waals surface area contributed by atoms with E-state index < -0.39 is 12.2 Å². The van der Waals surface area contributed by atoms with Crippen LogP contribution in [0.4, 0.5) is 0 Å². The van der Waals surface area contributed by atoms with Gasteiger partial charge >= 0.3 is 0 Å². The van der Waals surface area contributed by atoms with Crippen LogP contribution in [0.1, 0.15) is 25.0 Å². The molecule has 29 heavy (non-hydrogen) atoms. The highest BCUT2D eigenvalue weighted by Crippen LogP contribution is 2.33. The van der Waals surface area contributed by atoms with E-state index in [9.17, 15) is 10.2 Å². The van der Waals surface area contributed by atoms with Gasteiger partial charge in [-0.2, -0.15) is 27.0 Å². The number of benzene rings is 2. The Morgan fingerprint density at radius 3 is 1.52 bits per heavy atom. The molecule has 2 aromatic rings. The van der Waals surface area contributed by atoms with Crippen LogP contribution >= 0.6 is 42.9 Å². The molecule has 0 aliphatic rings. The van der Waals surface area contributed by atoms with Crippen LogP contribution in [0.3, 0.4) is 0 Å². The molecule has 0 spiro atoms. The standard InChI is InChI=1S/C21H27BrO5.2H2S/c1-21(2,15-3-7-19(8-4-15)26-13-17(24)11-22)16-5-9-20(10-6-16)27-14-18(25)12-23;;/h3-10,17-18,23-25H,11-14H2,1-2H3;2*1H2. The zero-order valence-electron chi connectivity index (χ0n) is 16.6. The molecule has 164 valence electrons. The Labute approximate surface area is 195 Å². The lowest BCUT2D eigenvalue weighted by Crippen LogP contribution is -2.21. The summed E-state index contributed by atoms with van der Waals surface area (Å²) in [4.78, 5) is 0. The van der Waals surface area contributed by atoms with Gasteiger partial charge in [-0.05, 0) is 35.4 Å². The van der Waals surface area contributed by atoms with Crippen molar-refractivity contribution in [2.75, 3.05) is 25.2 Å². The topological polar surface area (TPSA) is 79.2 Å². The largest absolute Gasteiger partial charge is 0.491 e. The molecule has 2 rings (SSSR count). The van der Waals surface area contributed by atoms with Gasteiger partial charge < -0.3 is 24.8 Å². The maximum Gasteiger partial charge on any atom is 0.119 e. The number of ether oxygens (including phenoxy) is 2. The monoisotopic (exact) mass is 506 g/mol. The molecule has 5 nitrogen and oxygen atoms in total. The minimum atomic E-state index is -0.877. The van der Waals surface area contributed by atoms with Crippen molar-refractivity contribution in [3.63, 3.8) is 0 Å². The molecular formula is C21H31BrO5S2. The van der Waals surface area contributed by atoms with E-state index in [4.69, 9.17) is 14.6 Å². The van der Waals surface area contributed by atoms with Crippen molar-refractivity contribution in [2.45, 2.75) is 31.5 Å². The normalized spacial score (nSPS) is 12.9. The molecule has 0 fully saturated rings. The van der Waals surface area contributed by atoms with Gasteiger partial charge in [-0.3, -0.25) is 0 Å². The lowest BCUT2D eigenvalue weighted by atomic mass is 9.78. The molecule has 0 saturated heterocycles. The van der Waals surface area contributed by atoms with Gasteiger partial charge in [0.15, 0.2) is 0 Å². The van der Waals surface area contributed by atoms with Crippen molar-refractivity contribution >= 4 is 42.9 Å². The van der Waals surface area contributed by atoms with Crippen LogP contribution in [0.15, 0.2) is 48.5 Å². The molecule has 2 unspecified atom stereocenters. The molecule has 2 aromatic carbocycles. The third-order valence-corrected chi connectivity index (χ3v) is 5.17. The van der Waals surface area contributed by atoms with E-state index >= 15 is 0 Å². The van der Waals surface area contributed by atoms with E-state index in [2.05, 4.69) is 29.8 Å². The van der Waals surface area contributed by atoms with Gasteiger partial charge in [0.1, 0.15) is 30.8 Å². The second-order valence-electron chi connectivity index (χ2n) is 6.94. The quantitative estimate of drug-likeness (QED) is 0.431. The third-order valence-electron chi connectivity index (χ3n) is 4.43. The van der Waals surface area contributed by atoms with Crippen LogP contribution in [-0.2, 0) is 5.41 Å². The summed E-state index contributed by atoms with van der Waals surface area (Å²) in [5.74, 6) is 1.37. The van der Waals surface area contributed by atoms with E-state index in [1.165, 1.54) is 0 Å². The summed E-state index contributed by atoms with van der Waals surface area (Å²) in [5.41, 5.74) is 2.05. The van der Waals surface area contributed by atoms with Gasteiger partial charge in [-0.25, -0.2) is 0 Å². The number of hydrogen-bond donors (Lipinski definition) is 3. The molecular weight excluding hydrogens is 476 g/mol. The highest BCUT2D eigenvalue weighted by molar-refractivity contribution is 9.09. The Morgan fingerprint density at radius 1 is 0.793 bits per heavy atom. The fourth-order valence-corrected chi connectivity index (χ4v) is 2.77. The Bertz CT molecular complexity index is 636. The minimum Gasteiger partial charge on any atom is -0.491 e. The van der Waals surface area contributed by atoms with Crippen molar-refractivity contribution in [3.8, 4) is 11.5 Å². The Kier molecular flexibility index (Phi) is 13.0. The smallest absolute Gasteiger partial charge is 0.119 e. The highest BCUT2D eigenvalue weighted by atomic mass is 79.9. The maximum atomic E-state index is 9.55. The van der Waals surface area contributed by atoms with Gasteiger partial charge in [0.2, 0.25) is 0 Å². The van der Waals surface area contributed by atoms with Crippen molar-refractivity contribution in [1.29, 1.82) is 0 Å². The van der Waals surface area contributed by atoms with Crippen molar-refractivity contribution in [2.24, 2.45) is 0 Å². The summed E-state index contributed by atoms with van der Waals surface area (Å²) in [6.07, 6.45) is -1.40. The molecule has 0 saturated carbocycles. The molecule has 3 N–H and O–H groups in total. The molecule has 0 bridgehead atoms. The summed E-state index contributed by atoms with van der Waals surface area (Å²) in [6.45, 7) is 4.27. The number of alkyl halides is 1. The van der Waals surface area contributed by atoms with E-state index in [1.807, 2.05) is 48.5 Å². The van der Waals surface area contributed by atoms with Gasteiger partial charge in [0.25, 0.3) is 0 Å². The zero-order valence-corrected chi connectivity index (χ0v) is 20.2. The molecule has 2 atom stereocenters. The average molecular weight is 508 g/mol. The van der Waals surface area contributed by atoms with Crippen LogP contribution in [0.25, 0.3) is 0 Å². The summed E-state index contributed by atoms with van der Waals surface area (Å²) in [7, 11) is 0. The van der Waals surface area contributed by atoms with Gasteiger partial charge in [-0.1, -0.05) is 54.0 Å². The minimum absolute atomic E-state index is 0. The summed E-state index contributed by atoms with van der Waals surface area (Å²) in [5, 5.41) is 28.2. The number of halogens is 1. The first-order valence-electron chi connectivity index (χ1n) is 8.86. The average Bonchev–Trinajstić information content (AvgIpc) is 2.70. The van der Waals surface area contributed by atoms with Crippen LogP contribution in [-0.4, -0.2) is 52.7 Å². The van der Waals surface area contributed by atoms with Gasteiger partial charge in [0.05, 0.1) is 12.7 Å². The first kappa shape index (κ1) is 28.1. The molecule has 0 radical (unpaired) electrons. The summed E-state index contributed by atoms with van der Waals surface area (Å²) < 4.78 is 11.0. The van der Waals surface area contributed by atoms with E-state index in [-0.39, 0.29) is 52.2 Å². The first-order valence-corrected chi connectivity index (χ1v) is 9.98. The predicted octanol–water partition coefficient (Wildman–Crippen LogP) is 3.10. The maximum absolute atomic E-state index is 9.55. The lowest BCUT2D eigenvalue weighted by Gasteiger charge is -2.26. The fourth-order valence-electron chi connectivity index (χ4n) is 2.58. The highest BCUT2D eigenvalue weighted by Gasteiger charge is 2.23. The fraction of sp³-hybridized carbons (Fsp3) is 0.429. The van der Waals surface area contributed by atoms with Crippen molar-refractivity contribution in [1.82, 2.24) is 0 Å². The molecule has 0 aliphatic heterocycles. The van der Waals surface area contributed by atoms with Crippen molar-refractivity contribution in [3.05, 3.63) is 59.7 Å². The van der Waals surface area contributed by atoms with Crippen LogP contribution in [0.2, 0.25) is 0 Å².